The summed E-state index contributed by atoms with van der Waals surface area (Å²) in [7, 11) is 0. The average molecular weight is 239 g/mol. The molecule has 0 aromatic rings. The Balaban J connectivity index is 2.69. The third kappa shape index (κ3) is 4.15. The molecular formula is C14H25NO2. The summed E-state index contributed by atoms with van der Waals surface area (Å²) in [6.45, 7) is 12.2. The maximum Gasteiger partial charge on any atom is 0.333 e. The van der Waals surface area contributed by atoms with E-state index >= 15 is 0 Å². The predicted octanol–water partition coefficient (Wildman–Crippen LogP) is 2.81. The van der Waals surface area contributed by atoms with Gasteiger partial charge in [0.1, 0.15) is 6.10 Å². The fourth-order valence-electron chi connectivity index (χ4n) is 2.67. The molecule has 0 bridgehead atoms. The van der Waals surface area contributed by atoms with Crippen molar-refractivity contribution in [2.45, 2.75) is 71.6 Å². The van der Waals surface area contributed by atoms with Gasteiger partial charge in [0.05, 0.1) is 0 Å². The number of hydrogen-bond donors (Lipinski definition) is 1. The summed E-state index contributed by atoms with van der Waals surface area (Å²) in [5.41, 5.74) is 0.701. The lowest BCUT2D eigenvalue weighted by Gasteiger charge is -2.45. The molecule has 17 heavy (non-hydrogen) atoms. The van der Waals surface area contributed by atoms with Gasteiger partial charge in [-0.2, -0.15) is 0 Å². The van der Waals surface area contributed by atoms with E-state index in [1.165, 1.54) is 0 Å². The number of ether oxygens (including phenoxy) is 1. The van der Waals surface area contributed by atoms with Crippen LogP contribution in [0.4, 0.5) is 0 Å². The van der Waals surface area contributed by atoms with Crippen molar-refractivity contribution in [3.8, 4) is 0 Å². The Morgan fingerprint density at radius 3 is 2.12 bits per heavy atom. The van der Waals surface area contributed by atoms with E-state index < -0.39 is 0 Å². The minimum Gasteiger partial charge on any atom is -0.459 e. The van der Waals surface area contributed by atoms with E-state index in [-0.39, 0.29) is 23.2 Å². The van der Waals surface area contributed by atoms with Crippen molar-refractivity contribution in [1.82, 2.24) is 5.32 Å². The van der Waals surface area contributed by atoms with Gasteiger partial charge < -0.3 is 10.1 Å². The van der Waals surface area contributed by atoms with Crippen molar-refractivity contribution in [2.75, 3.05) is 0 Å². The summed E-state index contributed by atoms with van der Waals surface area (Å²) in [6.07, 6.45) is 3.52. The van der Waals surface area contributed by atoms with Crippen LogP contribution in [0.15, 0.2) is 11.6 Å². The first-order chi connectivity index (χ1) is 7.65. The van der Waals surface area contributed by atoms with Crippen molar-refractivity contribution in [3.05, 3.63) is 11.6 Å². The lowest BCUT2D eigenvalue weighted by Crippen LogP contribution is -2.59. The second kappa shape index (κ2) is 4.81. The van der Waals surface area contributed by atoms with Crippen LogP contribution in [0.5, 0.6) is 0 Å². The summed E-state index contributed by atoms with van der Waals surface area (Å²) < 4.78 is 5.57. The maximum atomic E-state index is 11.8. The molecular weight excluding hydrogens is 214 g/mol. The first-order valence-electron chi connectivity index (χ1n) is 6.28. The SMILES string of the molecule is C/C=C(\C)C(=O)OC1CC(C)(C)NC(C)(C)C1. The van der Waals surface area contributed by atoms with Gasteiger partial charge in [-0.3, -0.25) is 0 Å². The zero-order chi connectivity index (χ0) is 13.3. The number of rotatable bonds is 2. The Morgan fingerprint density at radius 1 is 1.24 bits per heavy atom. The Morgan fingerprint density at radius 2 is 1.71 bits per heavy atom. The molecule has 1 heterocycles. The van der Waals surface area contributed by atoms with Crippen LogP contribution in [0, 0.1) is 0 Å². The Kier molecular flexibility index (Phi) is 4.03. The number of piperidine rings is 1. The molecule has 1 aliphatic heterocycles. The smallest absolute Gasteiger partial charge is 0.333 e. The molecule has 0 spiro atoms. The number of nitrogens with one attached hydrogen (secondary N) is 1. The summed E-state index contributed by atoms with van der Waals surface area (Å²) in [5, 5.41) is 3.57. The van der Waals surface area contributed by atoms with Gasteiger partial charge in [0, 0.05) is 29.5 Å². The molecule has 1 N–H and O–H groups in total. The Hall–Kier alpha value is -0.830. The quantitative estimate of drug-likeness (QED) is 0.595. The molecule has 1 aliphatic rings. The molecule has 3 heteroatoms. The number of carbonyl (C=O) groups is 1. The molecule has 1 fully saturated rings. The molecule has 3 nitrogen and oxygen atoms in total. The van der Waals surface area contributed by atoms with Crippen LogP contribution in [0.3, 0.4) is 0 Å². The lowest BCUT2D eigenvalue weighted by molar-refractivity contribution is -0.148. The third-order valence-corrected chi connectivity index (χ3v) is 3.18. The number of carbonyl (C=O) groups excluding carboxylic acids is 1. The van der Waals surface area contributed by atoms with Gasteiger partial charge in [0.2, 0.25) is 0 Å². The second-order valence-corrected chi connectivity index (χ2v) is 6.30. The van der Waals surface area contributed by atoms with Crippen molar-refractivity contribution in [3.63, 3.8) is 0 Å². The normalized spacial score (nSPS) is 24.5. The monoisotopic (exact) mass is 239 g/mol. The summed E-state index contributed by atoms with van der Waals surface area (Å²) in [5.74, 6) is -0.189. The largest absolute Gasteiger partial charge is 0.459 e. The van der Waals surface area contributed by atoms with E-state index in [1.807, 2.05) is 6.92 Å². The van der Waals surface area contributed by atoms with Crippen LogP contribution < -0.4 is 5.32 Å². The van der Waals surface area contributed by atoms with E-state index in [0.717, 1.165) is 12.8 Å². The Labute approximate surface area is 105 Å². The first-order valence-corrected chi connectivity index (χ1v) is 6.28. The lowest BCUT2D eigenvalue weighted by atomic mass is 9.81. The fourth-order valence-corrected chi connectivity index (χ4v) is 2.67. The number of hydrogen-bond acceptors (Lipinski definition) is 3. The molecule has 0 aliphatic carbocycles. The molecule has 0 aromatic heterocycles. The van der Waals surface area contributed by atoms with Gasteiger partial charge in [-0.15, -0.1) is 0 Å². The van der Waals surface area contributed by atoms with Gasteiger partial charge in [0.15, 0.2) is 0 Å². The highest BCUT2D eigenvalue weighted by Gasteiger charge is 2.39. The van der Waals surface area contributed by atoms with E-state index in [1.54, 1.807) is 13.0 Å². The zero-order valence-corrected chi connectivity index (χ0v) is 11.9. The first kappa shape index (κ1) is 14.2. The maximum absolute atomic E-state index is 11.8. The van der Waals surface area contributed by atoms with Crippen LogP contribution >= 0.6 is 0 Å². The van der Waals surface area contributed by atoms with E-state index in [2.05, 4.69) is 33.0 Å². The molecule has 0 amide bonds. The standard InChI is InChI=1S/C14H25NO2/c1-7-10(2)12(16)17-11-8-13(3,4)15-14(5,6)9-11/h7,11,15H,8-9H2,1-6H3/b10-7+. The van der Waals surface area contributed by atoms with E-state index in [9.17, 15) is 4.79 Å². The molecule has 0 atom stereocenters. The third-order valence-electron chi connectivity index (χ3n) is 3.18. The van der Waals surface area contributed by atoms with Crippen LogP contribution in [-0.4, -0.2) is 23.2 Å². The molecule has 0 aromatic carbocycles. The minimum atomic E-state index is -0.189. The van der Waals surface area contributed by atoms with Crippen LogP contribution in [0.2, 0.25) is 0 Å². The summed E-state index contributed by atoms with van der Waals surface area (Å²) in [4.78, 5) is 11.8. The minimum absolute atomic E-state index is 0.00338. The number of allylic oxidation sites excluding steroid dienone is 1. The van der Waals surface area contributed by atoms with E-state index in [4.69, 9.17) is 4.74 Å². The molecule has 0 unspecified atom stereocenters. The van der Waals surface area contributed by atoms with Gasteiger partial charge in [-0.25, -0.2) is 4.79 Å². The average Bonchev–Trinajstić information content (AvgIpc) is 2.11. The van der Waals surface area contributed by atoms with Gasteiger partial charge in [-0.05, 0) is 41.5 Å². The number of esters is 1. The highest BCUT2D eigenvalue weighted by molar-refractivity contribution is 5.87. The van der Waals surface area contributed by atoms with Gasteiger partial charge in [-0.1, -0.05) is 6.08 Å². The molecule has 1 saturated heterocycles. The summed E-state index contributed by atoms with van der Waals surface area (Å²) >= 11 is 0. The molecule has 0 radical (unpaired) electrons. The van der Waals surface area contributed by atoms with Crippen LogP contribution in [0.1, 0.15) is 54.4 Å². The van der Waals surface area contributed by atoms with Gasteiger partial charge in [0.25, 0.3) is 0 Å². The molecule has 0 saturated carbocycles. The van der Waals surface area contributed by atoms with Crippen LogP contribution in [-0.2, 0) is 9.53 Å². The van der Waals surface area contributed by atoms with E-state index in [0.29, 0.717) is 5.57 Å². The van der Waals surface area contributed by atoms with Crippen molar-refractivity contribution >= 4 is 5.97 Å². The molecule has 1 rings (SSSR count). The van der Waals surface area contributed by atoms with Gasteiger partial charge >= 0.3 is 5.97 Å². The van der Waals surface area contributed by atoms with Crippen LogP contribution in [0.25, 0.3) is 0 Å². The topological polar surface area (TPSA) is 38.3 Å². The molecule has 98 valence electrons. The van der Waals surface area contributed by atoms with Crippen molar-refractivity contribution < 1.29 is 9.53 Å². The summed E-state index contributed by atoms with van der Waals surface area (Å²) in [6, 6.07) is 0. The second-order valence-electron chi connectivity index (χ2n) is 6.30. The highest BCUT2D eigenvalue weighted by atomic mass is 16.5. The van der Waals surface area contributed by atoms with Crippen molar-refractivity contribution in [1.29, 1.82) is 0 Å². The Bertz CT molecular complexity index is 313. The fraction of sp³-hybridized carbons (Fsp3) is 0.786. The highest BCUT2D eigenvalue weighted by Crippen LogP contribution is 2.30. The van der Waals surface area contributed by atoms with Crippen molar-refractivity contribution in [2.24, 2.45) is 0 Å². The zero-order valence-electron chi connectivity index (χ0n) is 11.9. The predicted molar refractivity (Wildman–Crippen MR) is 69.8 cm³/mol.